The lowest BCUT2D eigenvalue weighted by molar-refractivity contribution is -0.117. The van der Waals surface area contributed by atoms with Crippen LogP contribution in [0.25, 0.3) is 0 Å². The Balaban J connectivity index is 1.56. The number of carbonyl (C=O) groups is 2. The van der Waals surface area contributed by atoms with Gasteiger partial charge in [0.05, 0.1) is 4.88 Å². The summed E-state index contributed by atoms with van der Waals surface area (Å²) in [6.45, 7) is 0.603. The Hall–Kier alpha value is -2.46. The van der Waals surface area contributed by atoms with Crippen LogP contribution in [-0.4, -0.2) is 18.2 Å². The van der Waals surface area contributed by atoms with Crippen LogP contribution in [0.4, 0.5) is 0 Å². The van der Waals surface area contributed by atoms with E-state index in [-0.39, 0.29) is 11.7 Å². The number of thiophene rings is 1. The van der Waals surface area contributed by atoms with E-state index in [1.54, 1.807) is 6.07 Å². The van der Waals surface area contributed by atoms with E-state index in [2.05, 4.69) is 17.4 Å². The highest BCUT2D eigenvalue weighted by Gasteiger charge is 2.23. The molecule has 0 aliphatic heterocycles. The second-order valence-electron chi connectivity index (χ2n) is 5.96. The van der Waals surface area contributed by atoms with Gasteiger partial charge in [-0.15, -0.1) is 11.3 Å². The molecule has 3 rings (SSSR count). The summed E-state index contributed by atoms with van der Waals surface area (Å²) in [5, 5.41) is 4.83. The molecule has 2 aromatic rings. The first kappa shape index (κ1) is 17.4. The van der Waals surface area contributed by atoms with E-state index in [1.807, 2.05) is 41.8 Å². The van der Waals surface area contributed by atoms with Gasteiger partial charge in [0.25, 0.3) is 5.91 Å². The summed E-state index contributed by atoms with van der Waals surface area (Å²) in [6, 6.07) is 13.9. The van der Waals surface area contributed by atoms with Crippen LogP contribution >= 0.6 is 11.3 Å². The van der Waals surface area contributed by atoms with Gasteiger partial charge in [-0.3, -0.25) is 9.59 Å². The van der Waals surface area contributed by atoms with Crippen LogP contribution in [0.2, 0.25) is 0 Å². The minimum absolute atomic E-state index is 0.0552. The van der Waals surface area contributed by atoms with E-state index >= 15 is 0 Å². The van der Waals surface area contributed by atoms with E-state index in [1.165, 1.54) is 16.9 Å². The Morgan fingerprint density at radius 3 is 2.44 bits per heavy atom. The van der Waals surface area contributed by atoms with Gasteiger partial charge in [0.15, 0.2) is 0 Å². The quantitative estimate of drug-likeness (QED) is 0.596. The average molecular weight is 351 g/mol. The molecule has 0 radical (unpaired) electrons. The minimum atomic E-state index is -0.149. The van der Waals surface area contributed by atoms with Crippen LogP contribution in [0.5, 0.6) is 0 Å². The molecule has 0 fully saturated rings. The van der Waals surface area contributed by atoms with Gasteiger partial charge in [-0.05, 0) is 42.7 Å². The normalized spacial score (nSPS) is 13.8. The lowest BCUT2D eigenvalue weighted by Crippen LogP contribution is -2.29. The maximum absolute atomic E-state index is 12.6. The summed E-state index contributed by atoms with van der Waals surface area (Å²) >= 11 is 1.41. The molecule has 1 amide bonds. The van der Waals surface area contributed by atoms with Gasteiger partial charge in [-0.1, -0.05) is 48.6 Å². The molecule has 25 heavy (non-hydrogen) atoms. The molecule has 1 aromatic heterocycles. The fourth-order valence-electron chi connectivity index (χ4n) is 2.88. The molecule has 1 aromatic carbocycles. The molecular weight excluding hydrogens is 330 g/mol. The van der Waals surface area contributed by atoms with Crippen LogP contribution in [0.3, 0.4) is 0 Å². The molecule has 0 unspecified atom stereocenters. The first-order valence-electron chi connectivity index (χ1n) is 8.57. The number of benzene rings is 1. The van der Waals surface area contributed by atoms with Crippen LogP contribution in [0, 0.1) is 0 Å². The monoisotopic (exact) mass is 351 g/mol. The summed E-state index contributed by atoms with van der Waals surface area (Å²) < 4.78 is 0. The molecule has 3 nitrogen and oxygen atoms in total. The van der Waals surface area contributed by atoms with Crippen molar-refractivity contribution in [1.29, 1.82) is 0 Å². The fourth-order valence-corrected chi connectivity index (χ4v) is 3.56. The smallest absolute Gasteiger partial charge is 0.251 e. The van der Waals surface area contributed by atoms with Gasteiger partial charge in [-0.2, -0.15) is 0 Å². The van der Waals surface area contributed by atoms with Crippen molar-refractivity contribution in [2.45, 2.75) is 25.7 Å². The molecule has 128 valence electrons. The summed E-state index contributed by atoms with van der Waals surface area (Å²) in [4.78, 5) is 25.8. The topological polar surface area (TPSA) is 46.2 Å². The van der Waals surface area contributed by atoms with Gasteiger partial charge >= 0.3 is 0 Å². The fraction of sp³-hybridized carbons (Fsp3) is 0.238. The third kappa shape index (κ3) is 4.54. The summed E-state index contributed by atoms with van der Waals surface area (Å²) in [6.07, 6.45) is 7.18. The average Bonchev–Trinajstić information content (AvgIpc) is 3.20. The Kier molecular flexibility index (Phi) is 5.96. The molecule has 0 atom stereocenters. The van der Waals surface area contributed by atoms with Crippen molar-refractivity contribution < 1.29 is 9.59 Å². The van der Waals surface area contributed by atoms with Gasteiger partial charge in [-0.25, -0.2) is 0 Å². The highest BCUT2D eigenvalue weighted by Crippen LogP contribution is 2.25. The van der Waals surface area contributed by atoms with E-state index in [9.17, 15) is 9.59 Å². The zero-order chi connectivity index (χ0) is 17.5. The number of hydrogen-bond acceptors (Lipinski definition) is 3. The van der Waals surface area contributed by atoms with Crippen molar-refractivity contribution in [1.82, 2.24) is 5.32 Å². The first-order chi connectivity index (χ1) is 12.3. The molecular formula is C21H21NO2S. The van der Waals surface area contributed by atoms with Crippen LogP contribution in [-0.2, 0) is 11.2 Å². The molecule has 1 aliphatic carbocycles. The second-order valence-corrected chi connectivity index (χ2v) is 6.91. The molecule has 0 saturated carbocycles. The Bertz CT molecular complexity index is 789. The van der Waals surface area contributed by atoms with E-state index in [0.717, 1.165) is 25.7 Å². The van der Waals surface area contributed by atoms with Crippen molar-refractivity contribution in [3.8, 4) is 0 Å². The maximum Gasteiger partial charge on any atom is 0.251 e. The molecule has 4 heteroatoms. The lowest BCUT2D eigenvalue weighted by Gasteiger charge is -2.15. The number of ketones is 1. The second kappa shape index (κ2) is 8.58. The summed E-state index contributed by atoms with van der Waals surface area (Å²) in [5.74, 6) is -0.204. The molecule has 0 spiro atoms. The SMILES string of the molecule is O=C(NCCCc1ccccc1)C1=CCCC=C1C(=O)c1cccs1. The van der Waals surface area contributed by atoms with Crippen molar-refractivity contribution in [3.63, 3.8) is 0 Å². The Morgan fingerprint density at radius 2 is 1.72 bits per heavy atom. The number of Topliss-reactive ketones (excluding diaryl/α,β-unsaturated/α-hetero) is 1. The Labute approximate surface area is 152 Å². The number of carbonyl (C=O) groups excluding carboxylic acids is 2. The number of aryl methyl sites for hydroxylation is 1. The highest BCUT2D eigenvalue weighted by atomic mass is 32.1. The summed E-state index contributed by atoms with van der Waals surface area (Å²) in [5.41, 5.74) is 2.32. The number of amides is 1. The minimum Gasteiger partial charge on any atom is -0.352 e. The van der Waals surface area contributed by atoms with Gasteiger partial charge < -0.3 is 5.32 Å². The third-order valence-corrected chi connectivity index (χ3v) is 5.03. The van der Waals surface area contributed by atoms with E-state index in [4.69, 9.17) is 0 Å². The molecule has 0 saturated heterocycles. The molecule has 1 N–H and O–H groups in total. The molecule has 1 aliphatic rings. The van der Waals surface area contributed by atoms with E-state index in [0.29, 0.717) is 22.6 Å². The number of rotatable bonds is 7. The summed E-state index contributed by atoms with van der Waals surface area (Å²) in [7, 11) is 0. The maximum atomic E-state index is 12.6. The van der Waals surface area contributed by atoms with Crippen LogP contribution in [0.1, 0.15) is 34.5 Å². The van der Waals surface area contributed by atoms with Gasteiger partial charge in [0.2, 0.25) is 5.78 Å². The largest absolute Gasteiger partial charge is 0.352 e. The van der Waals surface area contributed by atoms with E-state index < -0.39 is 0 Å². The van der Waals surface area contributed by atoms with Crippen molar-refractivity contribution in [2.75, 3.05) is 6.54 Å². The zero-order valence-electron chi connectivity index (χ0n) is 14.0. The molecule has 1 heterocycles. The first-order valence-corrected chi connectivity index (χ1v) is 9.44. The van der Waals surface area contributed by atoms with Crippen LogP contribution in [0.15, 0.2) is 71.1 Å². The van der Waals surface area contributed by atoms with Crippen molar-refractivity contribution in [2.24, 2.45) is 0 Å². The van der Waals surface area contributed by atoms with Crippen molar-refractivity contribution >= 4 is 23.0 Å². The highest BCUT2D eigenvalue weighted by molar-refractivity contribution is 7.12. The third-order valence-electron chi connectivity index (χ3n) is 4.16. The van der Waals surface area contributed by atoms with Crippen LogP contribution < -0.4 is 5.32 Å². The van der Waals surface area contributed by atoms with Crippen molar-refractivity contribution in [3.05, 3.63) is 81.6 Å². The lowest BCUT2D eigenvalue weighted by atomic mass is 9.93. The number of nitrogens with one attached hydrogen (secondary N) is 1. The zero-order valence-corrected chi connectivity index (χ0v) is 14.9. The van der Waals surface area contributed by atoms with Gasteiger partial charge in [0.1, 0.15) is 0 Å². The Morgan fingerprint density at radius 1 is 0.960 bits per heavy atom. The number of hydrogen-bond donors (Lipinski definition) is 1. The predicted molar refractivity (Wildman–Crippen MR) is 102 cm³/mol. The number of allylic oxidation sites excluding steroid dienone is 2. The predicted octanol–water partition coefficient (Wildman–Crippen LogP) is 4.33. The molecule has 0 bridgehead atoms. The standard InChI is InChI=1S/C21H21NO2S/c23-20(19-13-7-15-25-19)17-11-4-5-12-18(17)21(24)22-14-6-10-16-8-2-1-3-9-16/h1-3,7-9,11-13,15H,4-6,10,14H2,(H,22,24). The van der Waals surface area contributed by atoms with Gasteiger partial charge in [0, 0.05) is 17.7 Å².